The molecule has 0 aromatic heterocycles. The van der Waals surface area contributed by atoms with Gasteiger partial charge in [0.05, 0.1) is 12.6 Å². The number of nitrogens with zero attached hydrogens (tertiary/aromatic N) is 1. The lowest BCUT2D eigenvalue weighted by Gasteiger charge is -2.34. The predicted octanol–water partition coefficient (Wildman–Crippen LogP) is 4.19. The second-order valence-electron chi connectivity index (χ2n) is 6.37. The molecule has 122 valence electrons. The fourth-order valence-electron chi connectivity index (χ4n) is 3.29. The molecule has 0 N–H and O–H groups in total. The van der Waals surface area contributed by atoms with E-state index in [-0.39, 0.29) is 17.9 Å². The molecule has 0 unspecified atom stereocenters. The summed E-state index contributed by atoms with van der Waals surface area (Å²) < 4.78 is 5.43. The van der Waals surface area contributed by atoms with Gasteiger partial charge in [-0.15, -0.1) is 0 Å². The van der Waals surface area contributed by atoms with Crippen molar-refractivity contribution in [2.24, 2.45) is 5.92 Å². The molecule has 0 saturated carbocycles. The number of benzene rings is 1. The highest BCUT2D eigenvalue weighted by Crippen LogP contribution is 2.26. The molecule has 2 atom stereocenters. The SMILES string of the molecule is COC[C@@H](c1ccccc1)N1CCCCCCC[C@@H](C)C1=O. The zero-order valence-electron chi connectivity index (χ0n) is 14.0. The molecule has 0 spiro atoms. The van der Waals surface area contributed by atoms with Crippen LogP contribution in [0.25, 0.3) is 0 Å². The lowest BCUT2D eigenvalue weighted by molar-refractivity contribution is -0.139. The largest absolute Gasteiger partial charge is 0.382 e. The molecule has 1 aliphatic rings. The highest BCUT2D eigenvalue weighted by atomic mass is 16.5. The van der Waals surface area contributed by atoms with E-state index in [9.17, 15) is 4.79 Å². The molecule has 0 bridgehead atoms. The third-order valence-electron chi connectivity index (χ3n) is 4.63. The summed E-state index contributed by atoms with van der Waals surface area (Å²) in [7, 11) is 1.71. The van der Waals surface area contributed by atoms with Crippen molar-refractivity contribution >= 4 is 5.91 Å². The maximum atomic E-state index is 12.9. The number of carbonyl (C=O) groups is 1. The van der Waals surface area contributed by atoms with E-state index in [1.807, 2.05) is 18.2 Å². The summed E-state index contributed by atoms with van der Waals surface area (Å²) >= 11 is 0. The van der Waals surface area contributed by atoms with E-state index in [0.29, 0.717) is 6.61 Å². The van der Waals surface area contributed by atoms with E-state index < -0.39 is 0 Å². The van der Waals surface area contributed by atoms with Crippen molar-refractivity contribution in [2.75, 3.05) is 20.3 Å². The number of ether oxygens (including phenoxy) is 1. The Hall–Kier alpha value is -1.35. The lowest BCUT2D eigenvalue weighted by atomic mass is 9.96. The van der Waals surface area contributed by atoms with Gasteiger partial charge in [-0.1, -0.05) is 62.9 Å². The van der Waals surface area contributed by atoms with Crippen LogP contribution >= 0.6 is 0 Å². The third kappa shape index (κ3) is 4.57. The summed E-state index contributed by atoms with van der Waals surface area (Å²) in [4.78, 5) is 15.0. The topological polar surface area (TPSA) is 29.5 Å². The van der Waals surface area contributed by atoms with Crippen molar-refractivity contribution in [1.29, 1.82) is 0 Å². The van der Waals surface area contributed by atoms with Gasteiger partial charge in [-0.25, -0.2) is 0 Å². The van der Waals surface area contributed by atoms with Crippen molar-refractivity contribution in [2.45, 2.75) is 51.5 Å². The molecule has 3 nitrogen and oxygen atoms in total. The predicted molar refractivity (Wildman–Crippen MR) is 89.6 cm³/mol. The van der Waals surface area contributed by atoms with E-state index in [1.54, 1.807) is 7.11 Å². The van der Waals surface area contributed by atoms with Crippen LogP contribution in [0.4, 0.5) is 0 Å². The molecule has 2 rings (SSSR count). The van der Waals surface area contributed by atoms with Gasteiger partial charge in [-0.05, 0) is 18.4 Å². The van der Waals surface area contributed by atoms with Crippen LogP contribution in [0, 0.1) is 5.92 Å². The van der Waals surface area contributed by atoms with E-state index in [1.165, 1.54) is 31.2 Å². The van der Waals surface area contributed by atoms with Gasteiger partial charge in [0.15, 0.2) is 0 Å². The minimum absolute atomic E-state index is 0.0283. The van der Waals surface area contributed by atoms with Gasteiger partial charge < -0.3 is 9.64 Å². The van der Waals surface area contributed by atoms with E-state index >= 15 is 0 Å². The summed E-state index contributed by atoms with van der Waals surface area (Å²) in [6.07, 6.45) is 7.02. The number of hydrogen-bond donors (Lipinski definition) is 0. The van der Waals surface area contributed by atoms with Crippen molar-refractivity contribution in [3.63, 3.8) is 0 Å². The standard InChI is InChI=1S/C19H29NO2/c1-16-11-7-4-3-5-10-14-20(19(16)21)18(15-22-2)17-12-8-6-9-13-17/h6,8-9,12-13,16,18H,3-5,7,10-11,14-15H2,1-2H3/t16-,18+/m1/s1. The van der Waals surface area contributed by atoms with Crippen LogP contribution in [0.1, 0.15) is 57.1 Å². The Labute approximate surface area is 134 Å². The van der Waals surface area contributed by atoms with Gasteiger partial charge >= 0.3 is 0 Å². The fraction of sp³-hybridized carbons (Fsp3) is 0.632. The number of carbonyl (C=O) groups excluding carboxylic acids is 1. The first-order valence-corrected chi connectivity index (χ1v) is 8.58. The van der Waals surface area contributed by atoms with E-state index in [4.69, 9.17) is 4.74 Å². The average Bonchev–Trinajstić information content (AvgIpc) is 2.55. The summed E-state index contributed by atoms with van der Waals surface area (Å²) in [5.41, 5.74) is 1.17. The Morgan fingerprint density at radius 3 is 2.55 bits per heavy atom. The smallest absolute Gasteiger partial charge is 0.225 e. The summed E-state index contributed by atoms with van der Waals surface area (Å²) in [6, 6.07) is 10.3. The van der Waals surface area contributed by atoms with Crippen LogP contribution in [0.3, 0.4) is 0 Å². The summed E-state index contributed by atoms with van der Waals surface area (Å²) in [6.45, 7) is 3.47. The Kier molecular flexibility index (Phi) is 6.91. The molecule has 3 heteroatoms. The molecule has 22 heavy (non-hydrogen) atoms. The first-order valence-electron chi connectivity index (χ1n) is 8.58. The maximum absolute atomic E-state index is 12.9. The number of amides is 1. The third-order valence-corrected chi connectivity index (χ3v) is 4.63. The van der Waals surface area contributed by atoms with Crippen LogP contribution < -0.4 is 0 Å². The van der Waals surface area contributed by atoms with Gasteiger partial charge in [-0.3, -0.25) is 4.79 Å². The minimum Gasteiger partial charge on any atom is -0.382 e. The van der Waals surface area contributed by atoms with Crippen molar-refractivity contribution < 1.29 is 9.53 Å². The highest BCUT2D eigenvalue weighted by molar-refractivity contribution is 5.79. The Bertz CT molecular complexity index is 446. The first kappa shape index (κ1) is 17.0. The quantitative estimate of drug-likeness (QED) is 0.834. The monoisotopic (exact) mass is 303 g/mol. The number of methoxy groups -OCH3 is 1. The van der Waals surface area contributed by atoms with Gasteiger partial charge in [-0.2, -0.15) is 0 Å². The van der Waals surface area contributed by atoms with Crippen LogP contribution in [0.5, 0.6) is 0 Å². The van der Waals surface area contributed by atoms with Crippen molar-refractivity contribution in [1.82, 2.24) is 4.90 Å². The number of hydrogen-bond acceptors (Lipinski definition) is 2. The molecule has 0 radical (unpaired) electrons. The van der Waals surface area contributed by atoms with Crippen molar-refractivity contribution in [3.8, 4) is 0 Å². The molecule has 0 aliphatic carbocycles. The minimum atomic E-state index is 0.0283. The van der Waals surface area contributed by atoms with Gasteiger partial charge in [0, 0.05) is 19.6 Å². The molecular weight excluding hydrogens is 274 g/mol. The average molecular weight is 303 g/mol. The normalized spacial score (nSPS) is 22.4. The van der Waals surface area contributed by atoms with Crippen LogP contribution in [-0.4, -0.2) is 31.1 Å². The molecule has 1 amide bonds. The Morgan fingerprint density at radius 1 is 1.14 bits per heavy atom. The van der Waals surface area contributed by atoms with Gasteiger partial charge in [0.2, 0.25) is 5.91 Å². The molecule has 1 aromatic carbocycles. The highest BCUT2D eigenvalue weighted by Gasteiger charge is 2.28. The van der Waals surface area contributed by atoms with Crippen LogP contribution in [0.15, 0.2) is 30.3 Å². The molecule has 1 saturated heterocycles. The van der Waals surface area contributed by atoms with Crippen molar-refractivity contribution in [3.05, 3.63) is 35.9 Å². The van der Waals surface area contributed by atoms with Crippen LogP contribution in [-0.2, 0) is 9.53 Å². The second kappa shape index (κ2) is 8.94. The fourth-order valence-corrected chi connectivity index (χ4v) is 3.29. The number of rotatable bonds is 4. The zero-order chi connectivity index (χ0) is 15.8. The van der Waals surface area contributed by atoms with Gasteiger partial charge in [0.25, 0.3) is 0 Å². The van der Waals surface area contributed by atoms with E-state index in [2.05, 4.69) is 24.0 Å². The summed E-state index contributed by atoms with van der Waals surface area (Å²) in [5, 5.41) is 0. The molecular formula is C19H29NO2. The van der Waals surface area contributed by atoms with Crippen LogP contribution in [0.2, 0.25) is 0 Å². The Morgan fingerprint density at radius 2 is 1.82 bits per heavy atom. The van der Waals surface area contributed by atoms with Gasteiger partial charge in [0.1, 0.15) is 0 Å². The molecule has 1 aliphatic heterocycles. The zero-order valence-corrected chi connectivity index (χ0v) is 14.0. The molecule has 1 aromatic rings. The lowest BCUT2D eigenvalue weighted by Crippen LogP contribution is -2.41. The summed E-state index contributed by atoms with van der Waals surface area (Å²) in [5.74, 6) is 0.397. The van der Waals surface area contributed by atoms with E-state index in [0.717, 1.165) is 19.4 Å². The molecule has 1 fully saturated rings. The molecule has 1 heterocycles. The second-order valence-corrected chi connectivity index (χ2v) is 6.37. The maximum Gasteiger partial charge on any atom is 0.225 e. The first-order chi connectivity index (χ1) is 10.7. The Balaban J connectivity index is 2.22.